The third-order valence-corrected chi connectivity index (χ3v) is 5.17. The van der Waals surface area contributed by atoms with Gasteiger partial charge in [-0.05, 0) is 37.0 Å². The number of carbonyl (C=O) groups excluding carboxylic acids is 2. The van der Waals surface area contributed by atoms with Crippen LogP contribution >= 0.6 is 0 Å². The van der Waals surface area contributed by atoms with Gasteiger partial charge in [-0.1, -0.05) is 70.1 Å². The predicted molar refractivity (Wildman–Crippen MR) is 105 cm³/mol. The van der Waals surface area contributed by atoms with E-state index in [0.717, 1.165) is 30.4 Å². The van der Waals surface area contributed by atoms with Crippen LogP contribution in [0.25, 0.3) is 5.57 Å². The van der Waals surface area contributed by atoms with Crippen molar-refractivity contribution in [3.63, 3.8) is 0 Å². The summed E-state index contributed by atoms with van der Waals surface area (Å²) >= 11 is 0. The summed E-state index contributed by atoms with van der Waals surface area (Å²) in [6.45, 7) is 6.53. The second-order valence-electron chi connectivity index (χ2n) is 7.26. The molecule has 4 nitrogen and oxygen atoms in total. The first-order chi connectivity index (χ1) is 12.5. The Morgan fingerprint density at radius 1 is 0.846 bits per heavy atom. The number of aryl methyl sites for hydroxylation is 2. The number of rotatable bonds is 10. The quantitative estimate of drug-likeness (QED) is 0.469. The standard InChI is InChI=1S/C22H31NO3/c1-4-5-6-7-8-9-10-11-14-23-21(25)19(20(24)22(23)26)18-13-12-16(2)17(3)15-18/h12-13,15,24H,4-11,14H2,1-3H3. The van der Waals surface area contributed by atoms with Crippen LogP contribution in [0.5, 0.6) is 0 Å². The molecule has 0 radical (unpaired) electrons. The number of benzene rings is 1. The largest absolute Gasteiger partial charge is 0.502 e. The molecule has 0 unspecified atom stereocenters. The lowest BCUT2D eigenvalue weighted by atomic mass is 10.00. The average Bonchev–Trinajstić information content (AvgIpc) is 2.83. The van der Waals surface area contributed by atoms with Crippen LogP contribution in [0.1, 0.15) is 75.0 Å². The summed E-state index contributed by atoms with van der Waals surface area (Å²) < 4.78 is 0. The Morgan fingerprint density at radius 2 is 1.46 bits per heavy atom. The molecule has 2 amide bonds. The molecular formula is C22H31NO3. The highest BCUT2D eigenvalue weighted by atomic mass is 16.3. The molecule has 0 saturated heterocycles. The average molecular weight is 357 g/mol. The SMILES string of the molecule is CCCCCCCCCCN1C(=O)C(O)=C(c2ccc(C)c(C)c2)C1=O. The Labute approximate surface area is 156 Å². The van der Waals surface area contributed by atoms with Gasteiger partial charge in [0.1, 0.15) is 0 Å². The first-order valence-corrected chi connectivity index (χ1v) is 9.84. The lowest BCUT2D eigenvalue weighted by Gasteiger charge is -2.14. The van der Waals surface area contributed by atoms with Gasteiger partial charge in [0, 0.05) is 6.54 Å². The van der Waals surface area contributed by atoms with Crippen LogP contribution < -0.4 is 0 Å². The molecule has 1 N–H and O–H groups in total. The molecule has 26 heavy (non-hydrogen) atoms. The second kappa shape index (κ2) is 9.56. The van der Waals surface area contributed by atoms with Crippen LogP contribution in [0, 0.1) is 13.8 Å². The van der Waals surface area contributed by atoms with Gasteiger partial charge in [-0.3, -0.25) is 14.5 Å². The van der Waals surface area contributed by atoms with Crippen molar-refractivity contribution in [3.05, 3.63) is 40.6 Å². The highest BCUT2D eigenvalue weighted by Crippen LogP contribution is 2.29. The van der Waals surface area contributed by atoms with Gasteiger partial charge in [0.15, 0.2) is 5.76 Å². The normalized spacial score (nSPS) is 14.7. The van der Waals surface area contributed by atoms with Crippen molar-refractivity contribution in [2.24, 2.45) is 0 Å². The summed E-state index contributed by atoms with van der Waals surface area (Å²) in [6.07, 6.45) is 9.22. The number of hydrogen-bond acceptors (Lipinski definition) is 3. The lowest BCUT2D eigenvalue weighted by Crippen LogP contribution is -2.32. The van der Waals surface area contributed by atoms with E-state index in [1.54, 1.807) is 6.07 Å². The fourth-order valence-electron chi connectivity index (χ4n) is 3.33. The van der Waals surface area contributed by atoms with Gasteiger partial charge in [-0.2, -0.15) is 0 Å². The summed E-state index contributed by atoms with van der Waals surface area (Å²) in [6, 6.07) is 5.55. The number of unbranched alkanes of at least 4 members (excludes halogenated alkanes) is 7. The third-order valence-electron chi connectivity index (χ3n) is 5.17. The minimum Gasteiger partial charge on any atom is -0.502 e. The summed E-state index contributed by atoms with van der Waals surface area (Å²) in [5.74, 6) is -1.36. The van der Waals surface area contributed by atoms with E-state index in [2.05, 4.69) is 6.92 Å². The van der Waals surface area contributed by atoms with E-state index in [1.807, 2.05) is 26.0 Å². The molecule has 1 aromatic carbocycles. The van der Waals surface area contributed by atoms with Crippen molar-refractivity contribution in [2.45, 2.75) is 72.1 Å². The molecule has 4 heteroatoms. The van der Waals surface area contributed by atoms with Crippen LogP contribution in [0.3, 0.4) is 0 Å². The molecule has 142 valence electrons. The third kappa shape index (κ3) is 4.75. The van der Waals surface area contributed by atoms with Crippen molar-refractivity contribution in [1.29, 1.82) is 0 Å². The molecule has 1 aromatic rings. The van der Waals surface area contributed by atoms with Crippen LogP contribution in [-0.2, 0) is 9.59 Å². The highest BCUT2D eigenvalue weighted by molar-refractivity contribution is 6.34. The molecule has 0 spiro atoms. The topological polar surface area (TPSA) is 57.6 Å². The first kappa shape index (κ1) is 20.2. The minimum absolute atomic E-state index is 0.137. The molecule has 0 saturated carbocycles. The van der Waals surface area contributed by atoms with E-state index in [4.69, 9.17) is 0 Å². The Balaban J connectivity index is 1.88. The fraction of sp³-hybridized carbons (Fsp3) is 0.545. The summed E-state index contributed by atoms with van der Waals surface area (Å²) in [7, 11) is 0. The lowest BCUT2D eigenvalue weighted by molar-refractivity contribution is -0.138. The number of imide groups is 1. The zero-order valence-electron chi connectivity index (χ0n) is 16.3. The van der Waals surface area contributed by atoms with Crippen molar-refractivity contribution in [2.75, 3.05) is 6.54 Å². The molecule has 0 fully saturated rings. The van der Waals surface area contributed by atoms with Gasteiger partial charge in [-0.15, -0.1) is 0 Å². The van der Waals surface area contributed by atoms with E-state index < -0.39 is 11.7 Å². The van der Waals surface area contributed by atoms with Crippen molar-refractivity contribution >= 4 is 17.4 Å². The fourth-order valence-corrected chi connectivity index (χ4v) is 3.33. The smallest absolute Gasteiger partial charge is 0.296 e. The Morgan fingerprint density at radius 3 is 2.08 bits per heavy atom. The maximum atomic E-state index is 12.6. The molecule has 0 aliphatic carbocycles. The Kier molecular flexibility index (Phi) is 7.43. The van der Waals surface area contributed by atoms with E-state index in [1.165, 1.54) is 37.0 Å². The predicted octanol–water partition coefficient (Wildman–Crippen LogP) is 5.08. The molecule has 0 aromatic heterocycles. The van der Waals surface area contributed by atoms with Crippen molar-refractivity contribution < 1.29 is 14.7 Å². The number of carbonyl (C=O) groups is 2. The zero-order chi connectivity index (χ0) is 19.1. The van der Waals surface area contributed by atoms with Crippen molar-refractivity contribution in [1.82, 2.24) is 4.90 Å². The summed E-state index contributed by atoms with van der Waals surface area (Å²) in [4.78, 5) is 26.1. The zero-order valence-corrected chi connectivity index (χ0v) is 16.3. The van der Waals surface area contributed by atoms with Gasteiger partial charge in [0.25, 0.3) is 11.8 Å². The molecule has 2 rings (SSSR count). The van der Waals surface area contributed by atoms with Gasteiger partial charge in [-0.25, -0.2) is 0 Å². The monoisotopic (exact) mass is 357 g/mol. The number of hydrogen-bond donors (Lipinski definition) is 1. The molecule has 0 bridgehead atoms. The number of aliphatic hydroxyl groups excluding tert-OH is 1. The Bertz CT molecular complexity index is 691. The number of nitrogens with zero attached hydrogens (tertiary/aromatic N) is 1. The van der Waals surface area contributed by atoms with Gasteiger partial charge in [0.05, 0.1) is 5.57 Å². The van der Waals surface area contributed by atoms with Gasteiger partial charge < -0.3 is 5.11 Å². The molecular weight excluding hydrogens is 326 g/mol. The molecule has 1 aliphatic rings. The second-order valence-corrected chi connectivity index (χ2v) is 7.26. The van der Waals surface area contributed by atoms with Gasteiger partial charge in [0.2, 0.25) is 0 Å². The van der Waals surface area contributed by atoms with Crippen molar-refractivity contribution in [3.8, 4) is 0 Å². The van der Waals surface area contributed by atoms with Gasteiger partial charge >= 0.3 is 0 Å². The minimum atomic E-state index is -0.564. The Hall–Kier alpha value is -2.10. The van der Waals surface area contributed by atoms with E-state index in [-0.39, 0.29) is 11.5 Å². The van der Waals surface area contributed by atoms with Crippen LogP contribution in [0.4, 0.5) is 0 Å². The number of amides is 2. The first-order valence-electron chi connectivity index (χ1n) is 9.84. The van der Waals surface area contributed by atoms with Crippen LogP contribution in [0.15, 0.2) is 24.0 Å². The van der Waals surface area contributed by atoms with E-state index >= 15 is 0 Å². The van der Waals surface area contributed by atoms with Crippen LogP contribution in [-0.4, -0.2) is 28.4 Å². The van der Waals surface area contributed by atoms with Crippen LogP contribution in [0.2, 0.25) is 0 Å². The maximum absolute atomic E-state index is 12.6. The highest BCUT2D eigenvalue weighted by Gasteiger charge is 2.38. The summed E-state index contributed by atoms with van der Waals surface area (Å²) in [5, 5.41) is 10.2. The maximum Gasteiger partial charge on any atom is 0.296 e. The number of aliphatic hydroxyl groups is 1. The van der Waals surface area contributed by atoms with E-state index in [9.17, 15) is 14.7 Å². The molecule has 0 atom stereocenters. The van der Waals surface area contributed by atoms with E-state index in [0.29, 0.717) is 12.1 Å². The molecule has 1 aliphatic heterocycles. The summed E-state index contributed by atoms with van der Waals surface area (Å²) in [5.41, 5.74) is 2.89. The molecule has 1 heterocycles.